The summed E-state index contributed by atoms with van der Waals surface area (Å²) in [6.07, 6.45) is 5.82. The SMILES string of the molecule is CCc1cccc(C)c1NC(=O)COC(=O)/C=C/c1ccc(SC)cc1. The van der Waals surface area contributed by atoms with Crippen LogP contribution in [-0.4, -0.2) is 24.7 Å². The Hall–Kier alpha value is -2.53. The molecule has 0 heterocycles. The van der Waals surface area contributed by atoms with Crippen LogP contribution in [0.1, 0.15) is 23.6 Å². The zero-order valence-electron chi connectivity index (χ0n) is 15.2. The van der Waals surface area contributed by atoms with E-state index in [2.05, 4.69) is 5.32 Å². The minimum atomic E-state index is -0.547. The summed E-state index contributed by atoms with van der Waals surface area (Å²) >= 11 is 1.66. The van der Waals surface area contributed by atoms with Gasteiger partial charge in [-0.05, 0) is 54.5 Å². The monoisotopic (exact) mass is 369 g/mol. The molecular formula is C21H23NO3S. The van der Waals surface area contributed by atoms with E-state index in [-0.39, 0.29) is 12.5 Å². The average molecular weight is 369 g/mol. The number of amides is 1. The second-order valence-electron chi connectivity index (χ2n) is 5.72. The van der Waals surface area contributed by atoms with E-state index in [4.69, 9.17) is 4.74 Å². The molecule has 2 aromatic carbocycles. The predicted molar refractivity (Wildman–Crippen MR) is 107 cm³/mol. The largest absolute Gasteiger partial charge is 0.452 e. The Morgan fingerprint density at radius 1 is 1.15 bits per heavy atom. The molecule has 0 saturated heterocycles. The number of aryl methyl sites for hydroxylation is 2. The van der Waals surface area contributed by atoms with Crippen molar-refractivity contribution in [2.75, 3.05) is 18.2 Å². The summed E-state index contributed by atoms with van der Waals surface area (Å²) in [5, 5.41) is 2.83. The summed E-state index contributed by atoms with van der Waals surface area (Å²) in [4.78, 5) is 25.0. The zero-order valence-corrected chi connectivity index (χ0v) is 16.1. The molecule has 1 N–H and O–H groups in total. The van der Waals surface area contributed by atoms with Crippen LogP contribution < -0.4 is 5.32 Å². The molecule has 0 bridgehead atoms. The van der Waals surface area contributed by atoms with E-state index in [1.807, 2.05) is 62.6 Å². The molecule has 2 rings (SSSR count). The Morgan fingerprint density at radius 3 is 2.54 bits per heavy atom. The normalized spacial score (nSPS) is 10.7. The number of hydrogen-bond donors (Lipinski definition) is 1. The highest BCUT2D eigenvalue weighted by Crippen LogP contribution is 2.21. The van der Waals surface area contributed by atoms with Gasteiger partial charge in [0.15, 0.2) is 6.61 Å². The molecule has 0 spiro atoms. The topological polar surface area (TPSA) is 55.4 Å². The van der Waals surface area contributed by atoms with Crippen molar-refractivity contribution in [1.82, 2.24) is 0 Å². The summed E-state index contributed by atoms with van der Waals surface area (Å²) in [6, 6.07) is 13.7. The third-order valence-corrected chi connectivity index (χ3v) is 4.62. The second-order valence-corrected chi connectivity index (χ2v) is 6.60. The third-order valence-electron chi connectivity index (χ3n) is 3.88. The fraction of sp³-hybridized carbons (Fsp3) is 0.238. The van der Waals surface area contributed by atoms with Gasteiger partial charge in [0.05, 0.1) is 0 Å². The van der Waals surface area contributed by atoms with Crippen LogP contribution in [0.3, 0.4) is 0 Å². The lowest BCUT2D eigenvalue weighted by atomic mass is 10.1. The number of hydrogen-bond acceptors (Lipinski definition) is 4. The van der Waals surface area contributed by atoms with E-state index >= 15 is 0 Å². The fourth-order valence-corrected chi connectivity index (χ4v) is 2.85. The fourth-order valence-electron chi connectivity index (χ4n) is 2.44. The van der Waals surface area contributed by atoms with E-state index in [9.17, 15) is 9.59 Å². The first-order valence-electron chi connectivity index (χ1n) is 8.40. The summed E-state index contributed by atoms with van der Waals surface area (Å²) < 4.78 is 5.01. The number of carbonyl (C=O) groups excluding carboxylic acids is 2. The van der Waals surface area contributed by atoms with Crippen molar-refractivity contribution in [3.63, 3.8) is 0 Å². The van der Waals surface area contributed by atoms with Crippen LogP contribution in [0.15, 0.2) is 53.4 Å². The molecule has 2 aromatic rings. The highest BCUT2D eigenvalue weighted by molar-refractivity contribution is 7.98. The first-order chi connectivity index (χ1) is 12.5. The molecular weight excluding hydrogens is 346 g/mol. The lowest BCUT2D eigenvalue weighted by Gasteiger charge is -2.12. The van der Waals surface area contributed by atoms with Crippen LogP contribution in [0.4, 0.5) is 5.69 Å². The van der Waals surface area contributed by atoms with Crippen LogP contribution in [0.5, 0.6) is 0 Å². The lowest BCUT2D eigenvalue weighted by molar-refractivity contribution is -0.142. The Balaban J connectivity index is 1.87. The van der Waals surface area contributed by atoms with Gasteiger partial charge in [-0.3, -0.25) is 4.79 Å². The maximum absolute atomic E-state index is 12.1. The number of anilines is 1. The number of benzene rings is 2. The number of para-hydroxylation sites is 1. The van der Waals surface area contributed by atoms with Gasteiger partial charge in [-0.1, -0.05) is 37.3 Å². The molecule has 0 radical (unpaired) electrons. The van der Waals surface area contributed by atoms with E-state index < -0.39 is 5.97 Å². The highest BCUT2D eigenvalue weighted by Gasteiger charge is 2.10. The molecule has 0 aliphatic heterocycles. The Kier molecular flexibility index (Phi) is 7.48. The molecule has 0 unspecified atom stereocenters. The van der Waals surface area contributed by atoms with E-state index in [1.165, 1.54) is 6.08 Å². The van der Waals surface area contributed by atoms with Crippen molar-refractivity contribution in [2.24, 2.45) is 0 Å². The Bertz CT molecular complexity index is 797. The number of esters is 1. The van der Waals surface area contributed by atoms with Crippen molar-refractivity contribution in [1.29, 1.82) is 0 Å². The minimum absolute atomic E-state index is 0.313. The van der Waals surface area contributed by atoms with Gasteiger partial charge in [0.25, 0.3) is 5.91 Å². The quantitative estimate of drug-likeness (QED) is 0.444. The number of thioether (sulfide) groups is 1. The number of ether oxygens (including phenoxy) is 1. The molecule has 0 fully saturated rings. The van der Waals surface area contributed by atoms with Crippen molar-refractivity contribution >= 4 is 35.4 Å². The van der Waals surface area contributed by atoms with Crippen LogP contribution >= 0.6 is 11.8 Å². The first-order valence-corrected chi connectivity index (χ1v) is 9.63. The minimum Gasteiger partial charge on any atom is -0.452 e. The Morgan fingerprint density at radius 2 is 1.88 bits per heavy atom. The molecule has 0 aliphatic rings. The number of carbonyl (C=O) groups is 2. The van der Waals surface area contributed by atoms with Gasteiger partial charge >= 0.3 is 5.97 Å². The van der Waals surface area contributed by atoms with Crippen LogP contribution in [-0.2, 0) is 20.7 Å². The smallest absolute Gasteiger partial charge is 0.331 e. The van der Waals surface area contributed by atoms with Gasteiger partial charge in [0, 0.05) is 16.7 Å². The molecule has 0 saturated carbocycles. The van der Waals surface area contributed by atoms with E-state index in [1.54, 1.807) is 17.8 Å². The zero-order chi connectivity index (χ0) is 18.9. The van der Waals surface area contributed by atoms with Crippen LogP contribution in [0.2, 0.25) is 0 Å². The number of nitrogens with one attached hydrogen (secondary N) is 1. The van der Waals surface area contributed by atoms with Crippen molar-refractivity contribution in [2.45, 2.75) is 25.2 Å². The van der Waals surface area contributed by atoms with Gasteiger partial charge in [-0.2, -0.15) is 0 Å². The molecule has 4 nitrogen and oxygen atoms in total. The van der Waals surface area contributed by atoms with Crippen LogP contribution in [0, 0.1) is 6.92 Å². The Labute approximate surface area is 158 Å². The van der Waals surface area contributed by atoms with Gasteiger partial charge in [0.2, 0.25) is 0 Å². The molecule has 0 aliphatic carbocycles. The highest BCUT2D eigenvalue weighted by atomic mass is 32.2. The lowest BCUT2D eigenvalue weighted by Crippen LogP contribution is -2.21. The van der Waals surface area contributed by atoms with Crippen molar-refractivity contribution < 1.29 is 14.3 Å². The predicted octanol–water partition coefficient (Wildman–Crippen LogP) is 4.47. The van der Waals surface area contributed by atoms with Crippen molar-refractivity contribution in [3.8, 4) is 0 Å². The average Bonchev–Trinajstić information content (AvgIpc) is 2.66. The molecule has 1 amide bonds. The van der Waals surface area contributed by atoms with E-state index in [0.29, 0.717) is 0 Å². The van der Waals surface area contributed by atoms with E-state index in [0.717, 1.165) is 33.7 Å². The van der Waals surface area contributed by atoms with Crippen molar-refractivity contribution in [3.05, 3.63) is 65.2 Å². The molecule has 136 valence electrons. The maximum atomic E-state index is 12.1. The summed E-state index contributed by atoms with van der Waals surface area (Å²) in [5.74, 6) is -0.894. The van der Waals surface area contributed by atoms with Gasteiger partial charge in [-0.15, -0.1) is 11.8 Å². The maximum Gasteiger partial charge on any atom is 0.331 e. The van der Waals surface area contributed by atoms with Gasteiger partial charge in [-0.25, -0.2) is 4.79 Å². The molecule has 26 heavy (non-hydrogen) atoms. The van der Waals surface area contributed by atoms with Crippen LogP contribution in [0.25, 0.3) is 6.08 Å². The molecule has 0 aromatic heterocycles. The van der Waals surface area contributed by atoms with Gasteiger partial charge in [0.1, 0.15) is 0 Å². The third kappa shape index (κ3) is 5.77. The number of rotatable bonds is 7. The molecule has 5 heteroatoms. The standard InChI is InChI=1S/C21H23NO3S/c1-4-17-7-5-6-15(2)21(17)22-19(23)14-25-20(24)13-10-16-8-11-18(26-3)12-9-16/h5-13H,4,14H2,1-3H3,(H,22,23)/b13-10+. The summed E-state index contributed by atoms with van der Waals surface area (Å²) in [6.45, 7) is 3.65. The first kappa shape index (κ1) is 19.8. The second kappa shape index (κ2) is 9.82. The summed E-state index contributed by atoms with van der Waals surface area (Å²) in [5.41, 5.74) is 3.73. The molecule has 0 atom stereocenters. The van der Waals surface area contributed by atoms with Gasteiger partial charge < -0.3 is 10.1 Å². The summed E-state index contributed by atoms with van der Waals surface area (Å²) in [7, 11) is 0.